The van der Waals surface area contributed by atoms with Crippen LogP contribution in [0.3, 0.4) is 0 Å². The number of aliphatic hydroxyl groups is 1. The van der Waals surface area contributed by atoms with Crippen LogP contribution in [0.15, 0.2) is 64.6 Å². The van der Waals surface area contributed by atoms with Crippen LogP contribution in [0.5, 0.6) is 0 Å². The topological polar surface area (TPSA) is 62.5 Å². The summed E-state index contributed by atoms with van der Waals surface area (Å²) in [6, 6.07) is 12.5. The van der Waals surface area contributed by atoms with Crippen LogP contribution in [0.25, 0.3) is 0 Å². The molecule has 0 saturated carbocycles. The minimum Gasteiger partial charge on any atom is -0.466 e. The predicted molar refractivity (Wildman–Crippen MR) is 84.8 cm³/mol. The van der Waals surface area contributed by atoms with Crippen molar-refractivity contribution >= 4 is 17.2 Å². The van der Waals surface area contributed by atoms with Gasteiger partial charge in [-0.1, -0.05) is 18.2 Å². The highest BCUT2D eigenvalue weighted by Gasteiger charge is 2.36. The fraction of sp³-hybridized carbons (Fsp3) is 0.118. The van der Waals surface area contributed by atoms with E-state index in [1.807, 2.05) is 5.38 Å². The number of amides is 1. The lowest BCUT2D eigenvalue weighted by Gasteiger charge is -2.25. The third-order valence-electron chi connectivity index (χ3n) is 3.48. The zero-order valence-corrected chi connectivity index (χ0v) is 12.8. The third kappa shape index (κ3) is 3.04. The smallest absolute Gasteiger partial charge is 0.254 e. The van der Waals surface area contributed by atoms with Crippen molar-refractivity contribution in [3.63, 3.8) is 0 Å². The molecule has 4 nitrogen and oxygen atoms in total. The fourth-order valence-corrected chi connectivity index (χ4v) is 3.10. The highest BCUT2D eigenvalue weighted by Crippen LogP contribution is 2.32. The molecule has 118 valence electrons. The molecule has 0 aliphatic carbocycles. The van der Waals surface area contributed by atoms with E-state index in [9.17, 15) is 14.3 Å². The number of halogens is 1. The maximum absolute atomic E-state index is 13.7. The van der Waals surface area contributed by atoms with Gasteiger partial charge < -0.3 is 14.8 Å². The Hall–Kier alpha value is -2.44. The van der Waals surface area contributed by atoms with Gasteiger partial charge in [-0.2, -0.15) is 0 Å². The summed E-state index contributed by atoms with van der Waals surface area (Å²) >= 11 is 1.34. The molecule has 1 amide bonds. The SMILES string of the molecule is O=C(NCC(O)(c1ccco1)c1cccs1)c1ccccc1F. The average molecular weight is 331 g/mol. The Morgan fingerprint density at radius 1 is 1.22 bits per heavy atom. The number of nitrogens with one attached hydrogen (secondary N) is 1. The van der Waals surface area contributed by atoms with Crippen LogP contribution < -0.4 is 5.32 Å². The first kappa shape index (κ1) is 15.5. The summed E-state index contributed by atoms with van der Waals surface area (Å²) < 4.78 is 19.0. The van der Waals surface area contributed by atoms with E-state index in [2.05, 4.69) is 5.32 Å². The summed E-state index contributed by atoms with van der Waals surface area (Å²) in [7, 11) is 0. The Balaban J connectivity index is 1.84. The molecule has 0 fully saturated rings. The van der Waals surface area contributed by atoms with Gasteiger partial charge in [-0.05, 0) is 35.7 Å². The molecule has 23 heavy (non-hydrogen) atoms. The van der Waals surface area contributed by atoms with Gasteiger partial charge in [-0.3, -0.25) is 4.79 Å². The second-order valence-electron chi connectivity index (χ2n) is 4.98. The highest BCUT2D eigenvalue weighted by atomic mass is 32.1. The van der Waals surface area contributed by atoms with Gasteiger partial charge in [-0.25, -0.2) is 4.39 Å². The number of carbonyl (C=O) groups is 1. The molecular formula is C17H14FNO3S. The Bertz CT molecular complexity index is 750. The maximum Gasteiger partial charge on any atom is 0.254 e. The van der Waals surface area contributed by atoms with E-state index >= 15 is 0 Å². The Kier molecular flexibility index (Phi) is 4.27. The van der Waals surface area contributed by atoms with E-state index in [0.29, 0.717) is 10.6 Å². The van der Waals surface area contributed by atoms with Crippen LogP contribution in [-0.4, -0.2) is 17.6 Å². The molecule has 2 N–H and O–H groups in total. The zero-order valence-electron chi connectivity index (χ0n) is 12.0. The third-order valence-corrected chi connectivity index (χ3v) is 4.50. The van der Waals surface area contributed by atoms with E-state index in [1.54, 1.807) is 30.3 Å². The van der Waals surface area contributed by atoms with Gasteiger partial charge in [0, 0.05) is 4.88 Å². The van der Waals surface area contributed by atoms with Crippen molar-refractivity contribution in [2.45, 2.75) is 5.60 Å². The van der Waals surface area contributed by atoms with Crippen molar-refractivity contribution in [1.82, 2.24) is 5.32 Å². The number of hydrogen-bond donors (Lipinski definition) is 2. The van der Waals surface area contributed by atoms with E-state index in [-0.39, 0.29) is 12.1 Å². The molecule has 1 aromatic carbocycles. The van der Waals surface area contributed by atoms with Crippen molar-refractivity contribution in [3.05, 3.63) is 82.2 Å². The van der Waals surface area contributed by atoms with Gasteiger partial charge in [0.25, 0.3) is 5.91 Å². The summed E-state index contributed by atoms with van der Waals surface area (Å²) in [5, 5.41) is 15.4. The quantitative estimate of drug-likeness (QED) is 0.755. The molecule has 2 heterocycles. The summed E-state index contributed by atoms with van der Waals surface area (Å²) in [5.41, 5.74) is -1.57. The van der Waals surface area contributed by atoms with Gasteiger partial charge in [0.15, 0.2) is 5.60 Å². The molecule has 3 rings (SSSR count). The van der Waals surface area contributed by atoms with Crippen LogP contribution in [-0.2, 0) is 5.60 Å². The Labute approximate surface area is 136 Å². The first-order chi connectivity index (χ1) is 11.1. The highest BCUT2D eigenvalue weighted by molar-refractivity contribution is 7.10. The fourth-order valence-electron chi connectivity index (χ4n) is 2.27. The first-order valence-electron chi connectivity index (χ1n) is 6.94. The molecule has 0 saturated heterocycles. The molecule has 0 spiro atoms. The maximum atomic E-state index is 13.7. The van der Waals surface area contributed by atoms with Gasteiger partial charge in [0.1, 0.15) is 11.6 Å². The molecule has 0 bridgehead atoms. The van der Waals surface area contributed by atoms with Crippen LogP contribution in [0.4, 0.5) is 4.39 Å². The number of rotatable bonds is 5. The normalized spacial score (nSPS) is 13.5. The molecule has 0 aliphatic heterocycles. The Morgan fingerprint density at radius 2 is 2.04 bits per heavy atom. The lowest BCUT2D eigenvalue weighted by atomic mass is 9.98. The molecule has 0 aliphatic rings. The van der Waals surface area contributed by atoms with Crippen molar-refractivity contribution < 1.29 is 18.7 Å². The van der Waals surface area contributed by atoms with E-state index in [4.69, 9.17) is 4.42 Å². The van der Waals surface area contributed by atoms with Crippen molar-refractivity contribution in [2.24, 2.45) is 0 Å². The lowest BCUT2D eigenvalue weighted by Crippen LogP contribution is -2.41. The first-order valence-corrected chi connectivity index (χ1v) is 7.82. The standard InChI is InChI=1S/C17H14FNO3S/c18-13-6-2-1-5-12(13)16(20)19-11-17(21,14-7-3-9-22-14)15-8-4-10-23-15/h1-10,21H,11H2,(H,19,20). The molecular weight excluding hydrogens is 317 g/mol. The zero-order chi connectivity index (χ0) is 16.3. The van der Waals surface area contributed by atoms with Crippen molar-refractivity contribution in [3.8, 4) is 0 Å². The Morgan fingerprint density at radius 3 is 2.70 bits per heavy atom. The van der Waals surface area contributed by atoms with Crippen LogP contribution in [0.1, 0.15) is 21.0 Å². The van der Waals surface area contributed by atoms with Gasteiger partial charge >= 0.3 is 0 Å². The monoisotopic (exact) mass is 331 g/mol. The molecule has 3 aromatic rings. The lowest BCUT2D eigenvalue weighted by molar-refractivity contribution is 0.0553. The minimum atomic E-state index is -1.50. The summed E-state index contributed by atoms with van der Waals surface area (Å²) in [6.07, 6.45) is 1.45. The molecule has 1 atom stereocenters. The van der Waals surface area contributed by atoms with E-state index in [1.165, 1.54) is 35.8 Å². The van der Waals surface area contributed by atoms with Crippen LogP contribution in [0.2, 0.25) is 0 Å². The van der Waals surface area contributed by atoms with E-state index in [0.717, 1.165) is 0 Å². The van der Waals surface area contributed by atoms with E-state index < -0.39 is 17.3 Å². The summed E-state index contributed by atoms with van der Waals surface area (Å²) in [5.74, 6) is -0.888. The van der Waals surface area contributed by atoms with Crippen molar-refractivity contribution in [2.75, 3.05) is 6.54 Å². The van der Waals surface area contributed by atoms with Crippen LogP contribution in [0, 0.1) is 5.82 Å². The van der Waals surface area contributed by atoms with Gasteiger partial charge in [0.2, 0.25) is 0 Å². The average Bonchev–Trinajstić information content (AvgIpc) is 3.25. The number of hydrogen-bond acceptors (Lipinski definition) is 4. The number of benzene rings is 1. The van der Waals surface area contributed by atoms with Crippen LogP contribution >= 0.6 is 11.3 Å². The minimum absolute atomic E-state index is 0.0690. The molecule has 6 heteroatoms. The van der Waals surface area contributed by atoms with Gasteiger partial charge in [0.05, 0.1) is 18.4 Å². The summed E-state index contributed by atoms with van der Waals surface area (Å²) in [6.45, 7) is -0.131. The predicted octanol–water partition coefficient (Wildman–Crippen LogP) is 3.15. The number of furan rings is 1. The second kappa shape index (κ2) is 6.36. The van der Waals surface area contributed by atoms with Crippen molar-refractivity contribution in [1.29, 1.82) is 0 Å². The molecule has 2 aromatic heterocycles. The summed E-state index contributed by atoms with van der Waals surface area (Å²) in [4.78, 5) is 12.8. The number of thiophene rings is 1. The van der Waals surface area contributed by atoms with Gasteiger partial charge in [-0.15, -0.1) is 11.3 Å². The second-order valence-corrected chi connectivity index (χ2v) is 5.93. The number of carbonyl (C=O) groups excluding carboxylic acids is 1. The molecule has 1 unspecified atom stereocenters. The molecule has 0 radical (unpaired) electrons. The largest absolute Gasteiger partial charge is 0.466 e.